The van der Waals surface area contributed by atoms with Crippen molar-refractivity contribution in [3.63, 3.8) is 0 Å². The first-order valence-electron chi connectivity index (χ1n) is 13.4. The molecule has 0 saturated heterocycles. The van der Waals surface area contributed by atoms with Gasteiger partial charge in [0, 0.05) is 22.1 Å². The van der Waals surface area contributed by atoms with E-state index in [0.29, 0.717) is 5.69 Å². The Kier molecular flexibility index (Phi) is 8.70. The van der Waals surface area contributed by atoms with E-state index in [-0.39, 0.29) is 25.4 Å². The number of aliphatic carboxylic acids is 1. The number of carboxylic acid groups (broad SMARTS) is 1. The van der Waals surface area contributed by atoms with Crippen molar-refractivity contribution in [3.05, 3.63) is 114 Å². The van der Waals surface area contributed by atoms with Gasteiger partial charge >= 0.3 is 12.1 Å². The summed E-state index contributed by atoms with van der Waals surface area (Å²) in [7, 11) is 0. The molecule has 1 aliphatic carbocycles. The van der Waals surface area contributed by atoms with E-state index in [4.69, 9.17) is 4.74 Å². The Morgan fingerprint density at radius 3 is 2.12 bits per heavy atom. The number of alkyl carbamates (subject to hydrolysis) is 1. The van der Waals surface area contributed by atoms with Crippen molar-refractivity contribution in [2.45, 2.75) is 41.5 Å². The van der Waals surface area contributed by atoms with Gasteiger partial charge in [0.2, 0.25) is 5.91 Å². The van der Waals surface area contributed by atoms with Crippen LogP contribution in [0.3, 0.4) is 0 Å². The van der Waals surface area contributed by atoms with Crippen molar-refractivity contribution in [1.29, 1.82) is 0 Å². The molecular weight excluding hydrogens is 536 g/mol. The van der Waals surface area contributed by atoms with Crippen LogP contribution >= 0.6 is 11.8 Å². The molecule has 5 rings (SSSR count). The van der Waals surface area contributed by atoms with Crippen LogP contribution in [0, 0.1) is 6.92 Å². The van der Waals surface area contributed by atoms with E-state index in [9.17, 15) is 19.5 Å². The molecule has 3 N–H and O–H groups in total. The summed E-state index contributed by atoms with van der Waals surface area (Å²) < 4.78 is 5.61. The number of hydrogen-bond donors (Lipinski definition) is 3. The quantitative estimate of drug-likeness (QED) is 0.194. The largest absolute Gasteiger partial charge is 0.481 e. The SMILES string of the molecule is Cc1ccc(Sc2ccccc2NC(=O)C(CCC(=O)O)NC(=O)OCC2c3ccccc3-c3ccccc32)cc1. The topological polar surface area (TPSA) is 105 Å². The maximum Gasteiger partial charge on any atom is 0.407 e. The third-order valence-corrected chi connectivity index (χ3v) is 8.08. The minimum absolute atomic E-state index is 0.0847. The lowest BCUT2D eigenvalue weighted by Gasteiger charge is -2.20. The average Bonchev–Trinajstić information content (AvgIpc) is 3.29. The van der Waals surface area contributed by atoms with Crippen LogP contribution in [0.5, 0.6) is 0 Å². The fraction of sp³-hybridized carbons (Fsp3) is 0.182. The minimum atomic E-state index is -1.10. The zero-order chi connectivity index (χ0) is 28.8. The fourth-order valence-electron chi connectivity index (χ4n) is 4.93. The monoisotopic (exact) mass is 566 g/mol. The third-order valence-electron chi connectivity index (χ3n) is 6.99. The second-order valence-electron chi connectivity index (χ2n) is 9.86. The summed E-state index contributed by atoms with van der Waals surface area (Å²) in [5.74, 6) is -1.71. The lowest BCUT2D eigenvalue weighted by molar-refractivity contribution is -0.137. The van der Waals surface area contributed by atoms with E-state index in [2.05, 4.69) is 22.8 Å². The maximum atomic E-state index is 13.3. The number of amides is 2. The predicted octanol–water partition coefficient (Wildman–Crippen LogP) is 6.86. The Morgan fingerprint density at radius 1 is 0.854 bits per heavy atom. The van der Waals surface area contributed by atoms with Crippen molar-refractivity contribution in [2.75, 3.05) is 11.9 Å². The smallest absolute Gasteiger partial charge is 0.407 e. The highest BCUT2D eigenvalue weighted by Crippen LogP contribution is 2.44. The van der Waals surface area contributed by atoms with E-state index in [1.165, 1.54) is 11.8 Å². The van der Waals surface area contributed by atoms with Crippen LogP contribution < -0.4 is 10.6 Å². The molecule has 0 saturated carbocycles. The van der Waals surface area contributed by atoms with Crippen LogP contribution in [-0.4, -0.2) is 35.7 Å². The van der Waals surface area contributed by atoms with Gasteiger partial charge in [-0.15, -0.1) is 0 Å². The number of carbonyl (C=O) groups is 3. The Labute approximate surface area is 242 Å². The van der Waals surface area contributed by atoms with E-state index in [1.54, 1.807) is 12.1 Å². The molecule has 0 aromatic heterocycles. The molecule has 1 unspecified atom stereocenters. The first-order valence-corrected chi connectivity index (χ1v) is 14.2. The van der Waals surface area contributed by atoms with Gasteiger partial charge in [-0.2, -0.15) is 0 Å². The number of benzene rings is 4. The highest BCUT2D eigenvalue weighted by atomic mass is 32.2. The van der Waals surface area contributed by atoms with Gasteiger partial charge in [0.15, 0.2) is 0 Å². The Morgan fingerprint density at radius 2 is 1.46 bits per heavy atom. The summed E-state index contributed by atoms with van der Waals surface area (Å²) in [6.07, 6.45) is -1.15. The Balaban J connectivity index is 1.26. The molecule has 0 radical (unpaired) electrons. The van der Waals surface area contributed by atoms with Crippen molar-refractivity contribution in [2.24, 2.45) is 0 Å². The number of anilines is 1. The second kappa shape index (κ2) is 12.7. The molecule has 4 aromatic carbocycles. The van der Waals surface area contributed by atoms with Crippen molar-refractivity contribution in [3.8, 4) is 11.1 Å². The summed E-state index contributed by atoms with van der Waals surface area (Å²) in [5.41, 5.74) is 6.08. The van der Waals surface area contributed by atoms with Crippen molar-refractivity contribution >= 4 is 35.4 Å². The summed E-state index contributed by atoms with van der Waals surface area (Å²) in [5, 5.41) is 14.7. The first kappa shape index (κ1) is 28.0. The maximum absolute atomic E-state index is 13.3. The number of rotatable bonds is 10. The fourth-order valence-corrected chi connectivity index (χ4v) is 5.83. The van der Waals surface area contributed by atoms with Gasteiger partial charge in [-0.05, 0) is 59.9 Å². The van der Waals surface area contributed by atoms with Crippen LogP contribution in [0.25, 0.3) is 11.1 Å². The van der Waals surface area contributed by atoms with Gasteiger partial charge in [-0.3, -0.25) is 9.59 Å². The molecule has 0 heterocycles. The predicted molar refractivity (Wildman–Crippen MR) is 159 cm³/mol. The van der Waals surface area contributed by atoms with E-state index in [0.717, 1.165) is 37.6 Å². The van der Waals surface area contributed by atoms with Crippen LogP contribution in [0.15, 0.2) is 107 Å². The summed E-state index contributed by atoms with van der Waals surface area (Å²) in [6, 6.07) is 30.3. The van der Waals surface area contributed by atoms with E-state index < -0.39 is 24.0 Å². The molecular formula is C33H30N2O5S. The molecule has 0 spiro atoms. The third kappa shape index (κ3) is 6.78. The van der Waals surface area contributed by atoms with Crippen LogP contribution in [-0.2, 0) is 14.3 Å². The van der Waals surface area contributed by atoms with Crippen LogP contribution in [0.4, 0.5) is 10.5 Å². The highest BCUT2D eigenvalue weighted by Gasteiger charge is 2.30. The van der Waals surface area contributed by atoms with Crippen molar-refractivity contribution < 1.29 is 24.2 Å². The standard InChI is InChI=1S/C33H30N2O5S/c1-21-14-16-22(17-15-21)41-30-13-7-6-12-28(30)34-32(38)29(18-19-31(36)37)35-33(39)40-20-27-25-10-4-2-8-23(25)24-9-3-5-11-26(24)27/h2-17,27,29H,18-20H2,1H3,(H,34,38)(H,35,39)(H,36,37). The zero-order valence-corrected chi connectivity index (χ0v) is 23.3. The Bertz CT molecular complexity index is 1520. The number of carboxylic acids is 1. The molecule has 0 aliphatic heterocycles. The summed E-state index contributed by atoms with van der Waals surface area (Å²) in [4.78, 5) is 39.4. The number of ether oxygens (including phenoxy) is 1. The number of fused-ring (bicyclic) bond motifs is 3. The number of nitrogens with one attached hydrogen (secondary N) is 2. The molecule has 8 heteroatoms. The molecule has 4 aromatic rings. The van der Waals surface area contributed by atoms with Gasteiger partial charge in [0.05, 0.1) is 5.69 Å². The average molecular weight is 567 g/mol. The van der Waals surface area contributed by atoms with Gasteiger partial charge in [0.25, 0.3) is 0 Å². The normalized spacial score (nSPS) is 12.6. The summed E-state index contributed by atoms with van der Waals surface area (Å²) in [6.45, 7) is 2.10. The van der Waals surface area contributed by atoms with E-state index in [1.807, 2.05) is 79.7 Å². The van der Waals surface area contributed by atoms with Crippen LogP contribution in [0.2, 0.25) is 0 Å². The van der Waals surface area contributed by atoms with Gasteiger partial charge in [0.1, 0.15) is 12.6 Å². The molecule has 41 heavy (non-hydrogen) atoms. The second-order valence-corrected chi connectivity index (χ2v) is 11.0. The molecule has 1 atom stereocenters. The first-order chi connectivity index (χ1) is 19.9. The Hall–Kier alpha value is -4.56. The summed E-state index contributed by atoms with van der Waals surface area (Å²) >= 11 is 1.50. The molecule has 1 aliphatic rings. The van der Waals surface area contributed by atoms with Gasteiger partial charge < -0.3 is 20.5 Å². The number of aryl methyl sites for hydroxylation is 1. The van der Waals surface area contributed by atoms with Crippen molar-refractivity contribution in [1.82, 2.24) is 5.32 Å². The molecule has 7 nitrogen and oxygen atoms in total. The minimum Gasteiger partial charge on any atom is -0.481 e. The number of hydrogen-bond acceptors (Lipinski definition) is 5. The lowest BCUT2D eigenvalue weighted by atomic mass is 9.98. The molecule has 0 bridgehead atoms. The number of para-hydroxylation sites is 1. The van der Waals surface area contributed by atoms with Crippen LogP contribution in [0.1, 0.15) is 35.4 Å². The molecule has 208 valence electrons. The zero-order valence-electron chi connectivity index (χ0n) is 22.5. The molecule has 0 fully saturated rings. The molecule has 2 amide bonds. The van der Waals surface area contributed by atoms with E-state index >= 15 is 0 Å². The number of carbonyl (C=O) groups excluding carboxylic acids is 2. The van der Waals surface area contributed by atoms with Gasteiger partial charge in [-0.1, -0.05) is 90.1 Å². The van der Waals surface area contributed by atoms with Gasteiger partial charge in [-0.25, -0.2) is 4.79 Å². The highest BCUT2D eigenvalue weighted by molar-refractivity contribution is 7.99. The lowest BCUT2D eigenvalue weighted by Crippen LogP contribution is -2.44.